The maximum Gasteiger partial charge on any atom is 0.224 e. The van der Waals surface area contributed by atoms with Crippen LogP contribution < -0.4 is 0 Å². The van der Waals surface area contributed by atoms with E-state index in [0.717, 1.165) is 12.0 Å². The van der Waals surface area contributed by atoms with Crippen LogP contribution in [-0.4, -0.2) is 49.4 Å². The zero-order valence-electron chi connectivity index (χ0n) is 15.7. The molecule has 0 atom stereocenters. The lowest BCUT2D eigenvalue weighted by Gasteiger charge is -2.29. The van der Waals surface area contributed by atoms with Gasteiger partial charge in [-0.1, -0.05) is 54.6 Å². The maximum absolute atomic E-state index is 12.6. The third-order valence-electron chi connectivity index (χ3n) is 5.02. The van der Waals surface area contributed by atoms with Crippen LogP contribution in [0.2, 0.25) is 0 Å². The number of carbonyl (C=O) groups is 1. The Morgan fingerprint density at radius 1 is 1.00 bits per heavy atom. The molecule has 6 heteroatoms. The Morgan fingerprint density at radius 3 is 2.37 bits per heavy atom. The molecule has 0 N–H and O–H groups in total. The van der Waals surface area contributed by atoms with Gasteiger partial charge in [0.15, 0.2) is 0 Å². The predicted molar refractivity (Wildman–Crippen MR) is 107 cm³/mol. The Labute approximate surface area is 161 Å². The van der Waals surface area contributed by atoms with E-state index in [1.165, 1.54) is 21.7 Å². The van der Waals surface area contributed by atoms with E-state index in [-0.39, 0.29) is 18.9 Å². The Balaban J connectivity index is 1.56. The molecular weight excluding hydrogens is 360 g/mol. The van der Waals surface area contributed by atoms with E-state index in [1.807, 2.05) is 47.4 Å². The van der Waals surface area contributed by atoms with Crippen molar-refractivity contribution >= 4 is 15.9 Å². The number of benzene rings is 2. The van der Waals surface area contributed by atoms with Gasteiger partial charge in [0.25, 0.3) is 0 Å². The summed E-state index contributed by atoms with van der Waals surface area (Å²) in [7, 11) is -3.35. The molecule has 0 saturated heterocycles. The molecule has 0 fully saturated rings. The second kappa shape index (κ2) is 8.67. The minimum atomic E-state index is -3.35. The highest BCUT2D eigenvalue weighted by Gasteiger charge is 2.23. The van der Waals surface area contributed by atoms with Crippen LogP contribution in [-0.2, 0) is 34.2 Å². The number of hydrogen-bond donors (Lipinski definition) is 0. The van der Waals surface area contributed by atoms with Gasteiger partial charge in [0.05, 0.1) is 6.26 Å². The second-order valence-electron chi connectivity index (χ2n) is 6.98. The molecule has 0 radical (unpaired) electrons. The first-order valence-electron chi connectivity index (χ1n) is 9.27. The standard InChI is InChI=1S/C21H26N2O3S/c1-27(25,26)23(15-11-18-7-3-2-4-8-18)16-13-21(24)22-14-12-19-9-5-6-10-20(19)17-22/h2-10H,11-17H2,1H3. The van der Waals surface area contributed by atoms with E-state index < -0.39 is 10.0 Å². The van der Waals surface area contributed by atoms with Crippen LogP contribution in [0.4, 0.5) is 0 Å². The van der Waals surface area contributed by atoms with Crippen LogP contribution in [0, 0.1) is 0 Å². The molecule has 2 aromatic carbocycles. The molecular formula is C21H26N2O3S. The normalized spacial score (nSPS) is 14.2. The average Bonchev–Trinajstić information content (AvgIpc) is 2.67. The average molecular weight is 387 g/mol. The van der Waals surface area contributed by atoms with Crippen LogP contribution in [0.15, 0.2) is 54.6 Å². The van der Waals surface area contributed by atoms with Gasteiger partial charge in [-0.05, 0) is 29.5 Å². The Bertz CT molecular complexity index is 881. The van der Waals surface area contributed by atoms with Crippen molar-refractivity contribution in [3.05, 3.63) is 71.3 Å². The van der Waals surface area contributed by atoms with Crippen molar-refractivity contribution in [2.45, 2.75) is 25.8 Å². The van der Waals surface area contributed by atoms with Crippen molar-refractivity contribution in [1.29, 1.82) is 0 Å². The number of amides is 1. The second-order valence-corrected chi connectivity index (χ2v) is 8.96. The van der Waals surface area contributed by atoms with Crippen LogP contribution in [0.5, 0.6) is 0 Å². The Hall–Kier alpha value is -2.18. The fourth-order valence-corrected chi connectivity index (χ4v) is 4.27. The summed E-state index contributed by atoms with van der Waals surface area (Å²) < 4.78 is 25.6. The highest BCUT2D eigenvalue weighted by molar-refractivity contribution is 7.88. The fraction of sp³-hybridized carbons (Fsp3) is 0.381. The van der Waals surface area contributed by atoms with Crippen LogP contribution in [0.25, 0.3) is 0 Å². The van der Waals surface area contributed by atoms with Gasteiger partial charge < -0.3 is 4.90 Å². The third kappa shape index (κ3) is 5.40. The number of nitrogens with zero attached hydrogens (tertiary/aromatic N) is 2. The third-order valence-corrected chi connectivity index (χ3v) is 6.32. The van der Waals surface area contributed by atoms with Gasteiger partial charge in [-0.15, -0.1) is 0 Å². The largest absolute Gasteiger partial charge is 0.338 e. The van der Waals surface area contributed by atoms with E-state index in [1.54, 1.807) is 0 Å². The molecule has 3 rings (SSSR count). The topological polar surface area (TPSA) is 57.7 Å². The first-order valence-corrected chi connectivity index (χ1v) is 11.1. The number of carbonyl (C=O) groups excluding carboxylic acids is 1. The van der Waals surface area contributed by atoms with Crippen molar-refractivity contribution in [1.82, 2.24) is 9.21 Å². The smallest absolute Gasteiger partial charge is 0.224 e. The quantitative estimate of drug-likeness (QED) is 0.735. The predicted octanol–water partition coefficient (Wildman–Crippen LogP) is 2.47. The molecule has 1 aliphatic heterocycles. The number of hydrogen-bond acceptors (Lipinski definition) is 3. The summed E-state index contributed by atoms with van der Waals surface area (Å²) in [6.45, 7) is 1.91. The molecule has 27 heavy (non-hydrogen) atoms. The van der Waals surface area contributed by atoms with Gasteiger partial charge in [0.1, 0.15) is 0 Å². The van der Waals surface area contributed by atoms with Gasteiger partial charge in [0, 0.05) is 32.6 Å². The Morgan fingerprint density at radius 2 is 1.67 bits per heavy atom. The van der Waals surface area contributed by atoms with Crippen LogP contribution in [0.3, 0.4) is 0 Å². The Kier molecular flexibility index (Phi) is 6.29. The summed E-state index contributed by atoms with van der Waals surface area (Å²) in [5, 5.41) is 0. The summed E-state index contributed by atoms with van der Waals surface area (Å²) in [6, 6.07) is 18.0. The highest BCUT2D eigenvalue weighted by Crippen LogP contribution is 2.19. The molecule has 144 valence electrons. The minimum absolute atomic E-state index is 0.0119. The maximum atomic E-state index is 12.6. The number of rotatable bonds is 7. The zero-order valence-corrected chi connectivity index (χ0v) is 16.5. The summed E-state index contributed by atoms with van der Waals surface area (Å²) in [5.41, 5.74) is 3.56. The van der Waals surface area contributed by atoms with Gasteiger partial charge >= 0.3 is 0 Å². The summed E-state index contributed by atoms with van der Waals surface area (Å²) in [6.07, 6.45) is 2.91. The molecule has 1 aliphatic rings. The van der Waals surface area contributed by atoms with Crippen molar-refractivity contribution in [2.24, 2.45) is 0 Å². The highest BCUT2D eigenvalue weighted by atomic mass is 32.2. The van der Waals surface area contributed by atoms with E-state index in [2.05, 4.69) is 12.1 Å². The minimum Gasteiger partial charge on any atom is -0.338 e. The molecule has 0 bridgehead atoms. The molecule has 0 aromatic heterocycles. The van der Waals surface area contributed by atoms with Crippen molar-refractivity contribution in [3.8, 4) is 0 Å². The van der Waals surface area contributed by atoms with Crippen LogP contribution in [0.1, 0.15) is 23.1 Å². The monoisotopic (exact) mass is 386 g/mol. The van der Waals surface area contributed by atoms with Gasteiger partial charge in [-0.2, -0.15) is 0 Å². The van der Waals surface area contributed by atoms with Gasteiger partial charge in [-0.25, -0.2) is 12.7 Å². The molecule has 0 saturated carbocycles. The van der Waals surface area contributed by atoms with Gasteiger partial charge in [-0.3, -0.25) is 4.79 Å². The molecule has 0 spiro atoms. The molecule has 0 aliphatic carbocycles. The lowest BCUT2D eigenvalue weighted by molar-refractivity contribution is -0.132. The van der Waals surface area contributed by atoms with Crippen LogP contribution >= 0.6 is 0 Å². The van der Waals surface area contributed by atoms with E-state index in [9.17, 15) is 13.2 Å². The number of fused-ring (bicyclic) bond motifs is 1. The molecule has 1 heterocycles. The van der Waals surface area contributed by atoms with E-state index >= 15 is 0 Å². The number of sulfonamides is 1. The lowest BCUT2D eigenvalue weighted by Crippen LogP contribution is -2.39. The first kappa shape index (κ1) is 19.6. The van der Waals surface area contributed by atoms with Crippen molar-refractivity contribution in [2.75, 3.05) is 25.9 Å². The summed E-state index contributed by atoms with van der Waals surface area (Å²) in [4.78, 5) is 14.5. The van der Waals surface area contributed by atoms with Crippen molar-refractivity contribution < 1.29 is 13.2 Å². The first-order chi connectivity index (χ1) is 12.9. The van der Waals surface area contributed by atoms with Crippen molar-refractivity contribution in [3.63, 3.8) is 0 Å². The zero-order chi connectivity index (χ0) is 19.3. The summed E-state index contributed by atoms with van der Waals surface area (Å²) >= 11 is 0. The molecule has 0 unspecified atom stereocenters. The lowest BCUT2D eigenvalue weighted by atomic mass is 10.00. The SMILES string of the molecule is CS(=O)(=O)N(CCC(=O)N1CCc2ccccc2C1)CCc1ccccc1. The molecule has 1 amide bonds. The van der Waals surface area contributed by atoms with E-state index in [0.29, 0.717) is 26.1 Å². The fourth-order valence-electron chi connectivity index (χ4n) is 3.43. The molecule has 5 nitrogen and oxygen atoms in total. The van der Waals surface area contributed by atoms with Gasteiger partial charge in [0.2, 0.25) is 15.9 Å². The summed E-state index contributed by atoms with van der Waals surface area (Å²) in [5.74, 6) is 0.0119. The molecule has 2 aromatic rings. The van der Waals surface area contributed by atoms with E-state index in [4.69, 9.17) is 0 Å².